The third-order valence-electron chi connectivity index (χ3n) is 2.73. The zero-order chi connectivity index (χ0) is 12.8. The Bertz CT molecular complexity index is 500. The highest BCUT2D eigenvalue weighted by Gasteiger charge is 2.02. The molecule has 0 aliphatic rings. The van der Waals surface area contributed by atoms with Crippen LogP contribution < -0.4 is 4.74 Å². The Morgan fingerprint density at radius 3 is 2.28 bits per heavy atom. The molecule has 18 heavy (non-hydrogen) atoms. The van der Waals surface area contributed by atoms with Gasteiger partial charge in [-0.1, -0.05) is 54.6 Å². The van der Waals surface area contributed by atoms with Crippen molar-refractivity contribution in [2.45, 2.75) is 6.10 Å². The van der Waals surface area contributed by atoms with E-state index in [2.05, 4.69) is 0 Å². The van der Waals surface area contributed by atoms with E-state index in [0.29, 0.717) is 0 Å². The third-order valence-corrected chi connectivity index (χ3v) is 2.73. The van der Waals surface area contributed by atoms with Gasteiger partial charge in [-0.05, 0) is 23.3 Å². The second-order valence-corrected chi connectivity index (χ2v) is 3.99. The summed E-state index contributed by atoms with van der Waals surface area (Å²) in [5.74, 6) is 0.790. The molecule has 0 fully saturated rings. The summed E-state index contributed by atoms with van der Waals surface area (Å²) in [4.78, 5) is 0. The molecular formula is C16H16O2. The van der Waals surface area contributed by atoms with Crippen molar-refractivity contribution in [3.8, 4) is 5.75 Å². The molecule has 0 heterocycles. The Balaban J connectivity index is 2.07. The average Bonchev–Trinajstić information content (AvgIpc) is 2.46. The molecule has 0 saturated carbocycles. The number of ether oxygens (including phenoxy) is 1. The van der Waals surface area contributed by atoms with Crippen molar-refractivity contribution in [2.75, 3.05) is 7.11 Å². The maximum atomic E-state index is 10.0. The smallest absolute Gasteiger partial charge is 0.118 e. The highest BCUT2D eigenvalue weighted by atomic mass is 16.5. The van der Waals surface area contributed by atoms with Crippen molar-refractivity contribution in [3.05, 3.63) is 71.8 Å². The molecule has 0 aromatic heterocycles. The number of aliphatic hydroxyl groups excluding tert-OH is 1. The van der Waals surface area contributed by atoms with Gasteiger partial charge >= 0.3 is 0 Å². The van der Waals surface area contributed by atoms with E-state index in [1.165, 1.54) is 0 Å². The predicted octanol–water partition coefficient (Wildman–Crippen LogP) is 3.44. The lowest BCUT2D eigenvalue weighted by Crippen LogP contribution is -1.93. The van der Waals surface area contributed by atoms with Crippen LogP contribution in [0.15, 0.2) is 60.7 Å². The summed E-state index contributed by atoms with van der Waals surface area (Å²) in [6, 6.07) is 17.3. The summed E-state index contributed by atoms with van der Waals surface area (Å²) < 4.78 is 5.08. The van der Waals surface area contributed by atoms with Gasteiger partial charge in [0.25, 0.3) is 0 Å². The van der Waals surface area contributed by atoms with Crippen LogP contribution in [0.1, 0.15) is 17.2 Å². The fourth-order valence-corrected chi connectivity index (χ4v) is 1.68. The molecule has 2 heteroatoms. The van der Waals surface area contributed by atoms with Gasteiger partial charge in [0.15, 0.2) is 0 Å². The zero-order valence-corrected chi connectivity index (χ0v) is 10.3. The highest BCUT2D eigenvalue weighted by Crippen LogP contribution is 2.19. The van der Waals surface area contributed by atoms with Gasteiger partial charge in [-0.15, -0.1) is 0 Å². The van der Waals surface area contributed by atoms with Gasteiger partial charge in [0.2, 0.25) is 0 Å². The van der Waals surface area contributed by atoms with Gasteiger partial charge in [0, 0.05) is 0 Å². The predicted molar refractivity (Wildman–Crippen MR) is 73.4 cm³/mol. The van der Waals surface area contributed by atoms with Crippen molar-refractivity contribution < 1.29 is 9.84 Å². The Hall–Kier alpha value is -2.06. The highest BCUT2D eigenvalue weighted by molar-refractivity contribution is 5.50. The number of hydrogen-bond donors (Lipinski definition) is 1. The summed E-state index contributed by atoms with van der Waals surface area (Å²) >= 11 is 0. The van der Waals surface area contributed by atoms with Crippen molar-refractivity contribution in [1.82, 2.24) is 0 Å². The van der Waals surface area contributed by atoms with Crippen LogP contribution in [0.4, 0.5) is 0 Å². The van der Waals surface area contributed by atoms with E-state index < -0.39 is 6.10 Å². The molecule has 0 unspecified atom stereocenters. The zero-order valence-electron chi connectivity index (χ0n) is 10.3. The molecule has 2 aromatic rings. The lowest BCUT2D eigenvalue weighted by molar-refractivity contribution is 0.229. The summed E-state index contributed by atoms with van der Waals surface area (Å²) in [6.45, 7) is 0. The van der Waals surface area contributed by atoms with Crippen LogP contribution in [-0.2, 0) is 0 Å². The minimum Gasteiger partial charge on any atom is -0.497 e. The molecule has 2 nitrogen and oxygen atoms in total. The Kier molecular flexibility index (Phi) is 4.15. The van der Waals surface area contributed by atoms with Crippen molar-refractivity contribution >= 4 is 6.08 Å². The van der Waals surface area contributed by atoms with Crippen LogP contribution in [0.2, 0.25) is 0 Å². The quantitative estimate of drug-likeness (QED) is 0.887. The van der Waals surface area contributed by atoms with E-state index in [1.807, 2.05) is 60.7 Å². The lowest BCUT2D eigenvalue weighted by Gasteiger charge is -2.07. The maximum Gasteiger partial charge on any atom is 0.118 e. The van der Waals surface area contributed by atoms with Crippen LogP contribution in [0, 0.1) is 0 Å². The van der Waals surface area contributed by atoms with E-state index >= 15 is 0 Å². The van der Waals surface area contributed by atoms with Gasteiger partial charge in [0.1, 0.15) is 5.75 Å². The summed E-state index contributed by atoms with van der Waals surface area (Å²) in [6.07, 6.45) is 3.09. The van der Waals surface area contributed by atoms with E-state index in [9.17, 15) is 5.11 Å². The first-order chi connectivity index (χ1) is 8.79. The topological polar surface area (TPSA) is 29.5 Å². The average molecular weight is 240 g/mol. The van der Waals surface area contributed by atoms with Crippen LogP contribution in [0.25, 0.3) is 6.08 Å². The Morgan fingerprint density at radius 1 is 1.00 bits per heavy atom. The minimum absolute atomic E-state index is 0.601. The van der Waals surface area contributed by atoms with Gasteiger partial charge in [0.05, 0.1) is 13.2 Å². The molecule has 0 aliphatic carbocycles. The first-order valence-electron chi connectivity index (χ1n) is 5.85. The number of hydrogen-bond acceptors (Lipinski definition) is 2. The molecule has 2 rings (SSSR count). The van der Waals surface area contributed by atoms with Crippen molar-refractivity contribution in [1.29, 1.82) is 0 Å². The molecule has 1 atom stereocenters. The number of aliphatic hydroxyl groups is 1. The standard InChI is InChI=1S/C16H16O2/c1-18-15-10-8-14(9-11-15)16(17)12-7-13-5-3-2-4-6-13/h2-12,16-17H,1H3/b12-7+/t16-/m0/s1. The second kappa shape index (κ2) is 6.03. The molecule has 1 N–H and O–H groups in total. The molecule has 0 saturated heterocycles. The molecule has 2 aromatic carbocycles. The minimum atomic E-state index is -0.601. The molecular weight excluding hydrogens is 224 g/mol. The number of rotatable bonds is 4. The molecule has 0 aliphatic heterocycles. The fraction of sp³-hybridized carbons (Fsp3) is 0.125. The molecule has 0 bridgehead atoms. The van der Waals surface area contributed by atoms with Gasteiger partial charge in [-0.3, -0.25) is 0 Å². The third kappa shape index (κ3) is 3.22. The first-order valence-corrected chi connectivity index (χ1v) is 5.85. The Labute approximate surface area is 107 Å². The van der Waals surface area contributed by atoms with E-state index in [1.54, 1.807) is 13.2 Å². The van der Waals surface area contributed by atoms with E-state index in [-0.39, 0.29) is 0 Å². The molecule has 0 radical (unpaired) electrons. The molecule has 0 spiro atoms. The van der Waals surface area contributed by atoms with Gasteiger partial charge in [-0.2, -0.15) is 0 Å². The van der Waals surface area contributed by atoms with Crippen molar-refractivity contribution in [3.63, 3.8) is 0 Å². The normalized spacial score (nSPS) is 12.6. The lowest BCUT2D eigenvalue weighted by atomic mass is 10.1. The van der Waals surface area contributed by atoms with Crippen LogP contribution >= 0.6 is 0 Å². The monoisotopic (exact) mass is 240 g/mol. The fourth-order valence-electron chi connectivity index (χ4n) is 1.68. The molecule has 92 valence electrons. The number of methoxy groups -OCH3 is 1. The van der Waals surface area contributed by atoms with Crippen LogP contribution in [0.3, 0.4) is 0 Å². The maximum absolute atomic E-state index is 10.0. The first kappa shape index (κ1) is 12.4. The van der Waals surface area contributed by atoms with Crippen LogP contribution in [-0.4, -0.2) is 12.2 Å². The van der Waals surface area contributed by atoms with Crippen LogP contribution in [0.5, 0.6) is 5.75 Å². The molecule has 0 amide bonds. The summed E-state index contributed by atoms with van der Waals surface area (Å²) in [5.41, 5.74) is 1.92. The van der Waals surface area contributed by atoms with Gasteiger partial charge < -0.3 is 9.84 Å². The number of benzene rings is 2. The summed E-state index contributed by atoms with van der Waals surface area (Å²) in [5, 5.41) is 10.0. The Morgan fingerprint density at radius 2 is 1.67 bits per heavy atom. The SMILES string of the molecule is COc1ccc([C@@H](O)/C=C/c2ccccc2)cc1. The summed E-state index contributed by atoms with van der Waals surface area (Å²) in [7, 11) is 1.63. The largest absolute Gasteiger partial charge is 0.497 e. The van der Waals surface area contributed by atoms with Crippen molar-refractivity contribution in [2.24, 2.45) is 0 Å². The van der Waals surface area contributed by atoms with E-state index in [4.69, 9.17) is 4.74 Å². The van der Waals surface area contributed by atoms with E-state index in [0.717, 1.165) is 16.9 Å². The second-order valence-electron chi connectivity index (χ2n) is 3.99. The van der Waals surface area contributed by atoms with Gasteiger partial charge in [-0.25, -0.2) is 0 Å².